The maximum absolute atomic E-state index is 12.8. The lowest BCUT2D eigenvalue weighted by Gasteiger charge is -2.05. The average Bonchev–Trinajstić information content (AvgIpc) is 2.82. The molecule has 2 rings (SSSR count). The highest BCUT2D eigenvalue weighted by molar-refractivity contribution is 5.09. The molecule has 0 radical (unpaired) electrons. The van der Waals surface area contributed by atoms with E-state index in [1.165, 1.54) is 12.3 Å². The predicted octanol–water partition coefficient (Wildman–Crippen LogP) is 1.60. The summed E-state index contributed by atoms with van der Waals surface area (Å²) in [6.07, 6.45) is 7.58. The number of hydrogen-bond donors (Lipinski definition) is 1. The van der Waals surface area contributed by atoms with Crippen LogP contribution in [0.15, 0.2) is 36.9 Å². The molecule has 0 spiro atoms. The van der Waals surface area contributed by atoms with Crippen molar-refractivity contribution in [3.8, 4) is 0 Å². The molecule has 2 aromatic rings. The van der Waals surface area contributed by atoms with Gasteiger partial charge in [0.05, 0.1) is 6.20 Å². The second-order valence-electron chi connectivity index (χ2n) is 3.81. The Morgan fingerprint density at radius 1 is 1.35 bits per heavy atom. The second-order valence-corrected chi connectivity index (χ2v) is 3.81. The van der Waals surface area contributed by atoms with E-state index in [4.69, 9.17) is 0 Å². The summed E-state index contributed by atoms with van der Waals surface area (Å²) < 4.78 is 14.7. The Labute approximate surface area is 99.5 Å². The van der Waals surface area contributed by atoms with Gasteiger partial charge in [-0.2, -0.15) is 5.10 Å². The Balaban J connectivity index is 1.63. The molecule has 0 unspecified atom stereocenters. The highest BCUT2D eigenvalue weighted by Gasteiger charge is 1.96. The number of hydrogen-bond acceptors (Lipinski definition) is 3. The molecule has 0 fully saturated rings. The lowest BCUT2D eigenvalue weighted by molar-refractivity contribution is 0.541. The van der Waals surface area contributed by atoms with E-state index < -0.39 is 0 Å². The van der Waals surface area contributed by atoms with Gasteiger partial charge in [0.25, 0.3) is 0 Å². The van der Waals surface area contributed by atoms with Crippen molar-refractivity contribution in [3.05, 3.63) is 48.3 Å². The molecule has 0 bridgehead atoms. The van der Waals surface area contributed by atoms with E-state index in [-0.39, 0.29) is 5.82 Å². The molecule has 4 nitrogen and oxygen atoms in total. The van der Waals surface area contributed by atoms with Crippen LogP contribution >= 0.6 is 0 Å². The smallest absolute Gasteiger partial charge is 0.141 e. The maximum Gasteiger partial charge on any atom is 0.141 e. The summed E-state index contributed by atoms with van der Waals surface area (Å²) >= 11 is 0. The number of nitrogens with zero attached hydrogens (tertiary/aromatic N) is 3. The van der Waals surface area contributed by atoms with Gasteiger partial charge < -0.3 is 5.32 Å². The van der Waals surface area contributed by atoms with Crippen molar-refractivity contribution < 1.29 is 4.39 Å². The Morgan fingerprint density at radius 2 is 2.29 bits per heavy atom. The van der Waals surface area contributed by atoms with Gasteiger partial charge in [-0.05, 0) is 30.7 Å². The summed E-state index contributed by atoms with van der Waals surface area (Å²) in [7, 11) is 0. The van der Waals surface area contributed by atoms with Crippen LogP contribution in [-0.2, 0) is 13.1 Å². The minimum atomic E-state index is -0.291. The molecule has 0 saturated heterocycles. The molecule has 0 aliphatic rings. The van der Waals surface area contributed by atoms with E-state index in [1.807, 2.05) is 16.9 Å². The monoisotopic (exact) mass is 234 g/mol. The minimum absolute atomic E-state index is 0.291. The molecule has 0 atom stereocenters. The van der Waals surface area contributed by atoms with Crippen LogP contribution in [-0.4, -0.2) is 21.3 Å². The van der Waals surface area contributed by atoms with Gasteiger partial charge in [0.2, 0.25) is 0 Å². The molecular weight excluding hydrogens is 219 g/mol. The number of pyridine rings is 1. The second kappa shape index (κ2) is 6.10. The van der Waals surface area contributed by atoms with Crippen molar-refractivity contribution in [2.75, 3.05) is 6.54 Å². The first kappa shape index (κ1) is 11.7. The number of aryl methyl sites for hydroxylation is 1. The number of rotatable bonds is 6. The topological polar surface area (TPSA) is 42.7 Å². The Bertz CT molecular complexity index is 442. The maximum atomic E-state index is 12.8. The van der Waals surface area contributed by atoms with Gasteiger partial charge in [0.15, 0.2) is 0 Å². The molecule has 0 aromatic carbocycles. The van der Waals surface area contributed by atoms with Crippen LogP contribution in [0, 0.1) is 5.82 Å². The van der Waals surface area contributed by atoms with Crippen molar-refractivity contribution >= 4 is 0 Å². The lowest BCUT2D eigenvalue weighted by atomic mass is 10.3. The number of nitrogens with one attached hydrogen (secondary N) is 1. The molecule has 1 N–H and O–H groups in total. The number of halogens is 1. The van der Waals surface area contributed by atoms with Gasteiger partial charge in [-0.25, -0.2) is 4.39 Å². The predicted molar refractivity (Wildman–Crippen MR) is 62.7 cm³/mol. The zero-order valence-electron chi connectivity index (χ0n) is 9.51. The van der Waals surface area contributed by atoms with Crippen LogP contribution in [0.2, 0.25) is 0 Å². The van der Waals surface area contributed by atoms with Crippen molar-refractivity contribution in [2.45, 2.75) is 19.5 Å². The van der Waals surface area contributed by atoms with Crippen LogP contribution in [0.4, 0.5) is 4.39 Å². The highest BCUT2D eigenvalue weighted by atomic mass is 19.1. The summed E-state index contributed by atoms with van der Waals surface area (Å²) in [6.45, 7) is 2.40. The average molecular weight is 234 g/mol. The summed E-state index contributed by atoms with van der Waals surface area (Å²) in [5.41, 5.74) is 0.865. The van der Waals surface area contributed by atoms with E-state index in [9.17, 15) is 4.39 Å². The Hall–Kier alpha value is -1.75. The van der Waals surface area contributed by atoms with Gasteiger partial charge in [-0.3, -0.25) is 9.67 Å². The van der Waals surface area contributed by atoms with Gasteiger partial charge in [-0.1, -0.05) is 0 Å². The van der Waals surface area contributed by atoms with Crippen LogP contribution in [0.1, 0.15) is 12.0 Å². The van der Waals surface area contributed by atoms with E-state index in [1.54, 1.807) is 12.4 Å². The molecular formula is C12H15FN4. The summed E-state index contributed by atoms with van der Waals surface area (Å²) in [4.78, 5) is 3.79. The third kappa shape index (κ3) is 3.96. The largest absolute Gasteiger partial charge is 0.313 e. The van der Waals surface area contributed by atoms with Crippen LogP contribution in [0.3, 0.4) is 0 Å². The normalized spacial score (nSPS) is 10.6. The van der Waals surface area contributed by atoms with E-state index in [0.29, 0.717) is 6.54 Å². The van der Waals surface area contributed by atoms with E-state index >= 15 is 0 Å². The highest BCUT2D eigenvalue weighted by Crippen LogP contribution is 2.00. The SMILES string of the molecule is Fc1cncc(CNCCCn2cccn2)c1. The molecule has 0 aliphatic carbocycles. The first-order chi connectivity index (χ1) is 8.34. The summed E-state index contributed by atoms with van der Waals surface area (Å²) in [6, 6.07) is 3.40. The zero-order valence-corrected chi connectivity index (χ0v) is 9.51. The summed E-state index contributed by atoms with van der Waals surface area (Å²) in [5, 5.41) is 7.36. The molecule has 0 aliphatic heterocycles. The van der Waals surface area contributed by atoms with Crippen LogP contribution in [0.25, 0.3) is 0 Å². The first-order valence-corrected chi connectivity index (χ1v) is 5.62. The van der Waals surface area contributed by atoms with E-state index in [0.717, 1.165) is 25.1 Å². The van der Waals surface area contributed by atoms with Crippen molar-refractivity contribution in [2.24, 2.45) is 0 Å². The molecule has 17 heavy (non-hydrogen) atoms. The van der Waals surface area contributed by atoms with Crippen molar-refractivity contribution in [1.82, 2.24) is 20.1 Å². The molecule has 2 heterocycles. The third-order valence-electron chi connectivity index (χ3n) is 2.39. The first-order valence-electron chi connectivity index (χ1n) is 5.62. The van der Waals surface area contributed by atoms with Crippen molar-refractivity contribution in [1.29, 1.82) is 0 Å². The third-order valence-corrected chi connectivity index (χ3v) is 2.39. The standard InChI is InChI=1S/C12H15FN4/c13-12-7-11(9-15-10-12)8-14-3-1-5-17-6-2-4-16-17/h2,4,6-7,9-10,14H,1,3,5,8H2. The van der Waals surface area contributed by atoms with E-state index in [2.05, 4.69) is 15.4 Å². The Morgan fingerprint density at radius 3 is 3.06 bits per heavy atom. The molecule has 0 amide bonds. The Kier molecular flexibility index (Phi) is 4.21. The zero-order chi connectivity index (χ0) is 11.9. The fourth-order valence-corrected chi connectivity index (χ4v) is 1.58. The van der Waals surface area contributed by atoms with Gasteiger partial charge in [0, 0.05) is 31.7 Å². The lowest BCUT2D eigenvalue weighted by Crippen LogP contribution is -2.16. The molecule has 5 heteroatoms. The minimum Gasteiger partial charge on any atom is -0.313 e. The van der Waals surface area contributed by atoms with Crippen molar-refractivity contribution in [3.63, 3.8) is 0 Å². The fraction of sp³-hybridized carbons (Fsp3) is 0.333. The van der Waals surface area contributed by atoms with Gasteiger partial charge >= 0.3 is 0 Å². The fourth-order valence-electron chi connectivity index (χ4n) is 1.58. The van der Waals surface area contributed by atoms with Crippen LogP contribution < -0.4 is 5.32 Å². The number of aromatic nitrogens is 3. The van der Waals surface area contributed by atoms with Gasteiger partial charge in [-0.15, -0.1) is 0 Å². The molecule has 2 aromatic heterocycles. The van der Waals surface area contributed by atoms with Gasteiger partial charge in [0.1, 0.15) is 5.82 Å². The quantitative estimate of drug-likeness (QED) is 0.772. The molecule has 90 valence electrons. The molecule has 0 saturated carbocycles. The summed E-state index contributed by atoms with van der Waals surface area (Å²) in [5.74, 6) is -0.291. The van der Waals surface area contributed by atoms with Crippen LogP contribution in [0.5, 0.6) is 0 Å².